The summed E-state index contributed by atoms with van der Waals surface area (Å²) in [6, 6.07) is 13.7. The Bertz CT molecular complexity index is 992. The predicted octanol–water partition coefficient (Wildman–Crippen LogP) is 3.55. The number of phenolic OH excluding ortho intramolecular Hbond substituents is 2. The highest BCUT2D eigenvalue weighted by Gasteiger charge is 2.10. The zero-order chi connectivity index (χ0) is 16.5. The van der Waals surface area contributed by atoms with Crippen molar-refractivity contribution >= 4 is 17.2 Å². The van der Waals surface area contributed by atoms with Gasteiger partial charge in [0, 0.05) is 23.6 Å². The van der Waals surface area contributed by atoms with Crippen LogP contribution < -0.4 is 5.32 Å². The molecule has 24 heavy (non-hydrogen) atoms. The van der Waals surface area contributed by atoms with E-state index in [1.807, 2.05) is 22.7 Å². The molecule has 3 N–H and O–H groups in total. The number of rotatable bonds is 3. The third kappa shape index (κ3) is 2.50. The van der Waals surface area contributed by atoms with Gasteiger partial charge in [0.05, 0.1) is 11.9 Å². The minimum atomic E-state index is 0.210. The fourth-order valence-electron chi connectivity index (χ4n) is 2.53. The van der Waals surface area contributed by atoms with Crippen LogP contribution in [0.25, 0.3) is 16.9 Å². The van der Waals surface area contributed by atoms with E-state index in [-0.39, 0.29) is 11.5 Å². The number of phenols is 2. The lowest BCUT2D eigenvalue weighted by molar-refractivity contribution is 0.475. The molecule has 4 aromatic rings. The van der Waals surface area contributed by atoms with Gasteiger partial charge in [0.2, 0.25) is 0 Å². The zero-order valence-electron chi connectivity index (χ0n) is 12.6. The van der Waals surface area contributed by atoms with Gasteiger partial charge in [0.25, 0.3) is 0 Å². The van der Waals surface area contributed by atoms with E-state index in [0.717, 1.165) is 16.9 Å². The second-order valence-electron chi connectivity index (χ2n) is 5.33. The highest BCUT2D eigenvalue weighted by atomic mass is 16.3. The van der Waals surface area contributed by atoms with Gasteiger partial charge >= 0.3 is 0 Å². The standard InChI is InChI=1S/C18H14N4O2/c23-14-5-1-12(2-6-14)16-11-20-18-17(19-9-10-22(16)18)21-13-3-7-15(24)8-4-13/h1-11,23-24H,(H,19,21). The van der Waals surface area contributed by atoms with E-state index in [1.54, 1.807) is 48.8 Å². The lowest BCUT2D eigenvalue weighted by Gasteiger charge is -2.08. The Labute approximate surface area is 137 Å². The molecule has 0 fully saturated rings. The van der Waals surface area contributed by atoms with Crippen molar-refractivity contribution in [1.82, 2.24) is 14.4 Å². The minimum absolute atomic E-state index is 0.210. The van der Waals surface area contributed by atoms with Gasteiger partial charge in [-0.2, -0.15) is 0 Å². The van der Waals surface area contributed by atoms with Crippen LogP contribution in [0.4, 0.5) is 11.5 Å². The van der Waals surface area contributed by atoms with Crippen molar-refractivity contribution in [3.8, 4) is 22.8 Å². The Hall–Kier alpha value is -3.54. The van der Waals surface area contributed by atoms with Crippen molar-refractivity contribution in [2.45, 2.75) is 0 Å². The fourth-order valence-corrected chi connectivity index (χ4v) is 2.53. The second kappa shape index (κ2) is 5.58. The molecule has 0 bridgehead atoms. The van der Waals surface area contributed by atoms with Crippen LogP contribution in [-0.2, 0) is 0 Å². The van der Waals surface area contributed by atoms with E-state index in [2.05, 4.69) is 15.3 Å². The summed E-state index contributed by atoms with van der Waals surface area (Å²) in [6.45, 7) is 0. The molecule has 0 saturated carbocycles. The van der Waals surface area contributed by atoms with Crippen molar-refractivity contribution in [2.24, 2.45) is 0 Å². The lowest BCUT2D eigenvalue weighted by atomic mass is 10.1. The molecule has 0 radical (unpaired) electrons. The van der Waals surface area contributed by atoms with E-state index in [1.165, 1.54) is 0 Å². The first kappa shape index (κ1) is 14.1. The smallest absolute Gasteiger partial charge is 0.180 e. The summed E-state index contributed by atoms with van der Waals surface area (Å²) in [4.78, 5) is 8.81. The molecule has 6 nitrogen and oxygen atoms in total. The maximum atomic E-state index is 9.43. The van der Waals surface area contributed by atoms with Gasteiger partial charge < -0.3 is 15.5 Å². The molecule has 0 atom stereocenters. The van der Waals surface area contributed by atoms with Crippen LogP contribution in [-0.4, -0.2) is 24.6 Å². The molecule has 2 aromatic carbocycles. The third-order valence-corrected chi connectivity index (χ3v) is 3.72. The number of hydrogen-bond donors (Lipinski definition) is 3. The summed E-state index contributed by atoms with van der Waals surface area (Å²) >= 11 is 0. The number of aromatic nitrogens is 3. The van der Waals surface area contributed by atoms with Gasteiger partial charge in [-0.25, -0.2) is 9.97 Å². The number of nitrogens with zero attached hydrogens (tertiary/aromatic N) is 3. The average Bonchev–Trinajstić information content (AvgIpc) is 3.03. The molecule has 0 spiro atoms. The molecule has 0 aliphatic carbocycles. The number of anilines is 2. The number of aromatic hydroxyl groups is 2. The van der Waals surface area contributed by atoms with Gasteiger partial charge in [-0.1, -0.05) is 0 Å². The first-order valence-corrected chi connectivity index (χ1v) is 7.38. The van der Waals surface area contributed by atoms with Crippen LogP contribution >= 0.6 is 0 Å². The van der Waals surface area contributed by atoms with E-state index in [4.69, 9.17) is 0 Å². The molecule has 0 aliphatic rings. The highest BCUT2D eigenvalue weighted by Crippen LogP contribution is 2.26. The van der Waals surface area contributed by atoms with Crippen LogP contribution in [0.2, 0.25) is 0 Å². The van der Waals surface area contributed by atoms with Crippen molar-refractivity contribution in [2.75, 3.05) is 5.32 Å². The topological polar surface area (TPSA) is 82.7 Å². The summed E-state index contributed by atoms with van der Waals surface area (Å²) in [5.74, 6) is 1.05. The molecule has 0 amide bonds. The maximum absolute atomic E-state index is 9.43. The van der Waals surface area contributed by atoms with Crippen LogP contribution in [0.3, 0.4) is 0 Å². The van der Waals surface area contributed by atoms with Crippen molar-refractivity contribution < 1.29 is 10.2 Å². The summed E-state index contributed by atoms with van der Waals surface area (Å²) in [6.07, 6.45) is 5.30. The van der Waals surface area contributed by atoms with E-state index in [9.17, 15) is 10.2 Å². The molecule has 2 heterocycles. The minimum Gasteiger partial charge on any atom is -0.508 e. The van der Waals surface area contributed by atoms with Crippen LogP contribution in [0.5, 0.6) is 11.5 Å². The number of benzene rings is 2. The van der Waals surface area contributed by atoms with Crippen molar-refractivity contribution in [3.63, 3.8) is 0 Å². The monoisotopic (exact) mass is 318 g/mol. The zero-order valence-corrected chi connectivity index (χ0v) is 12.6. The molecule has 6 heteroatoms. The number of fused-ring (bicyclic) bond motifs is 1. The molecule has 2 aromatic heterocycles. The molecular weight excluding hydrogens is 304 g/mol. The van der Waals surface area contributed by atoms with Crippen molar-refractivity contribution in [1.29, 1.82) is 0 Å². The third-order valence-electron chi connectivity index (χ3n) is 3.72. The average molecular weight is 318 g/mol. The van der Waals surface area contributed by atoms with Crippen LogP contribution in [0, 0.1) is 0 Å². The molecule has 118 valence electrons. The Balaban J connectivity index is 1.76. The number of nitrogens with one attached hydrogen (secondary N) is 1. The van der Waals surface area contributed by atoms with Gasteiger partial charge in [-0.3, -0.25) is 4.40 Å². The maximum Gasteiger partial charge on any atom is 0.180 e. The summed E-state index contributed by atoms with van der Waals surface area (Å²) in [7, 11) is 0. The van der Waals surface area contributed by atoms with Crippen LogP contribution in [0.15, 0.2) is 67.1 Å². The normalized spacial score (nSPS) is 10.8. The van der Waals surface area contributed by atoms with Gasteiger partial charge in [0.1, 0.15) is 11.5 Å². The van der Waals surface area contributed by atoms with Gasteiger partial charge in [-0.15, -0.1) is 0 Å². The van der Waals surface area contributed by atoms with Crippen LogP contribution in [0.1, 0.15) is 0 Å². The summed E-state index contributed by atoms with van der Waals surface area (Å²) in [5.41, 5.74) is 3.35. The first-order valence-electron chi connectivity index (χ1n) is 7.38. The van der Waals surface area contributed by atoms with E-state index >= 15 is 0 Å². The number of imidazole rings is 1. The summed E-state index contributed by atoms with van der Waals surface area (Å²) < 4.78 is 1.93. The van der Waals surface area contributed by atoms with E-state index in [0.29, 0.717) is 11.5 Å². The predicted molar refractivity (Wildman–Crippen MR) is 91.5 cm³/mol. The Kier molecular flexibility index (Phi) is 3.28. The first-order chi connectivity index (χ1) is 11.7. The Morgan fingerprint density at radius 3 is 2.21 bits per heavy atom. The summed E-state index contributed by atoms with van der Waals surface area (Å²) in [5, 5.41) is 22.0. The number of hydrogen-bond acceptors (Lipinski definition) is 5. The molecule has 0 saturated heterocycles. The fraction of sp³-hybridized carbons (Fsp3) is 0. The molecule has 0 aliphatic heterocycles. The molecular formula is C18H14N4O2. The van der Waals surface area contributed by atoms with Gasteiger partial charge in [0.15, 0.2) is 11.5 Å². The molecule has 0 unspecified atom stereocenters. The Morgan fingerprint density at radius 1 is 0.833 bits per heavy atom. The quantitative estimate of drug-likeness (QED) is 0.503. The Morgan fingerprint density at radius 2 is 1.50 bits per heavy atom. The van der Waals surface area contributed by atoms with Crippen molar-refractivity contribution in [3.05, 3.63) is 67.1 Å². The second-order valence-corrected chi connectivity index (χ2v) is 5.33. The van der Waals surface area contributed by atoms with E-state index < -0.39 is 0 Å². The molecule has 4 rings (SSSR count). The van der Waals surface area contributed by atoms with Gasteiger partial charge in [-0.05, 0) is 48.5 Å². The lowest BCUT2D eigenvalue weighted by Crippen LogP contribution is -1.98. The highest BCUT2D eigenvalue weighted by molar-refractivity contribution is 5.74. The SMILES string of the molecule is Oc1ccc(Nc2nccn3c(-c4ccc(O)cc4)cnc23)cc1. The largest absolute Gasteiger partial charge is 0.508 e.